The number of piperidine rings is 1. The van der Waals surface area contributed by atoms with E-state index in [1.165, 1.54) is 0 Å². The average molecular weight is 305 g/mol. The van der Waals surface area contributed by atoms with E-state index in [0.717, 1.165) is 31.4 Å². The average Bonchev–Trinajstić information content (AvgIpc) is 2.53. The van der Waals surface area contributed by atoms with Crippen LogP contribution in [0.25, 0.3) is 0 Å². The number of carbonyl (C=O) groups is 2. The SMILES string of the molecule is O=C(O)CCC[C@@H]1CCCN(C(=O)OCc2ccccc2)C1. The maximum atomic E-state index is 12.1. The summed E-state index contributed by atoms with van der Waals surface area (Å²) in [5.41, 5.74) is 0.978. The normalized spacial score (nSPS) is 18.0. The van der Waals surface area contributed by atoms with Gasteiger partial charge in [-0.1, -0.05) is 30.3 Å². The number of likely N-dealkylation sites (tertiary alicyclic amines) is 1. The molecule has 2 rings (SSSR count). The van der Waals surface area contributed by atoms with Gasteiger partial charge in [-0.05, 0) is 37.2 Å². The van der Waals surface area contributed by atoms with Crippen molar-refractivity contribution in [2.24, 2.45) is 5.92 Å². The van der Waals surface area contributed by atoms with Crippen molar-refractivity contribution in [3.05, 3.63) is 35.9 Å². The van der Waals surface area contributed by atoms with Crippen LogP contribution in [0.2, 0.25) is 0 Å². The van der Waals surface area contributed by atoms with E-state index in [2.05, 4.69) is 0 Å². The summed E-state index contributed by atoms with van der Waals surface area (Å²) in [5.74, 6) is -0.368. The summed E-state index contributed by atoms with van der Waals surface area (Å²) >= 11 is 0. The van der Waals surface area contributed by atoms with Gasteiger partial charge < -0.3 is 14.7 Å². The quantitative estimate of drug-likeness (QED) is 0.875. The van der Waals surface area contributed by atoms with Gasteiger partial charge in [0.15, 0.2) is 0 Å². The second kappa shape index (κ2) is 8.41. The first-order valence-electron chi connectivity index (χ1n) is 7.82. The maximum Gasteiger partial charge on any atom is 0.410 e. The number of ether oxygens (including phenoxy) is 1. The van der Waals surface area contributed by atoms with E-state index in [9.17, 15) is 9.59 Å². The Labute approximate surface area is 130 Å². The Morgan fingerprint density at radius 3 is 2.77 bits per heavy atom. The van der Waals surface area contributed by atoms with E-state index in [4.69, 9.17) is 9.84 Å². The van der Waals surface area contributed by atoms with E-state index < -0.39 is 5.97 Å². The minimum Gasteiger partial charge on any atom is -0.481 e. The zero-order valence-corrected chi connectivity index (χ0v) is 12.7. The number of amides is 1. The van der Waals surface area contributed by atoms with Crippen LogP contribution in [0.3, 0.4) is 0 Å². The van der Waals surface area contributed by atoms with Gasteiger partial charge in [0.25, 0.3) is 0 Å². The molecule has 1 aliphatic rings. The van der Waals surface area contributed by atoms with Crippen molar-refractivity contribution in [2.75, 3.05) is 13.1 Å². The van der Waals surface area contributed by atoms with Gasteiger partial charge in [0.2, 0.25) is 0 Å². The predicted octanol–water partition coefficient (Wildman–Crippen LogP) is 3.29. The number of hydrogen-bond donors (Lipinski definition) is 1. The van der Waals surface area contributed by atoms with Crippen LogP contribution in [0.4, 0.5) is 4.79 Å². The highest BCUT2D eigenvalue weighted by Gasteiger charge is 2.24. The summed E-state index contributed by atoms with van der Waals surface area (Å²) in [7, 11) is 0. The second-order valence-corrected chi connectivity index (χ2v) is 5.78. The first-order chi connectivity index (χ1) is 10.6. The minimum atomic E-state index is -0.755. The summed E-state index contributed by atoms with van der Waals surface area (Å²) < 4.78 is 5.35. The number of carboxylic acids is 1. The molecule has 0 radical (unpaired) electrons. The lowest BCUT2D eigenvalue weighted by molar-refractivity contribution is -0.137. The third-order valence-electron chi connectivity index (χ3n) is 3.99. The standard InChI is InChI=1S/C17H23NO4/c19-16(20)10-4-8-14-9-5-11-18(12-14)17(21)22-13-15-6-2-1-3-7-15/h1-3,6-7,14H,4-5,8-13H2,(H,19,20)/t14-/m1/s1. The lowest BCUT2D eigenvalue weighted by Crippen LogP contribution is -2.40. The molecule has 120 valence electrons. The molecule has 1 saturated heterocycles. The Balaban J connectivity index is 1.73. The molecule has 1 heterocycles. The zero-order valence-electron chi connectivity index (χ0n) is 12.7. The number of carbonyl (C=O) groups excluding carboxylic acids is 1. The van der Waals surface area contributed by atoms with Crippen molar-refractivity contribution < 1.29 is 19.4 Å². The molecule has 0 aromatic heterocycles. The molecule has 1 atom stereocenters. The summed E-state index contributed by atoms with van der Waals surface area (Å²) in [6.45, 7) is 1.69. The first kappa shape index (κ1) is 16.3. The second-order valence-electron chi connectivity index (χ2n) is 5.78. The van der Waals surface area contributed by atoms with E-state index in [1.807, 2.05) is 30.3 Å². The summed E-state index contributed by atoms with van der Waals surface area (Å²) in [5, 5.41) is 8.68. The van der Waals surface area contributed by atoms with Crippen molar-refractivity contribution in [2.45, 2.75) is 38.7 Å². The first-order valence-corrected chi connectivity index (χ1v) is 7.82. The molecule has 1 fully saturated rings. The van der Waals surface area contributed by atoms with Gasteiger partial charge in [-0.3, -0.25) is 4.79 Å². The van der Waals surface area contributed by atoms with Gasteiger partial charge >= 0.3 is 12.1 Å². The van der Waals surface area contributed by atoms with Crippen molar-refractivity contribution in [1.29, 1.82) is 0 Å². The highest BCUT2D eigenvalue weighted by atomic mass is 16.6. The highest BCUT2D eigenvalue weighted by Crippen LogP contribution is 2.22. The van der Waals surface area contributed by atoms with Crippen LogP contribution >= 0.6 is 0 Å². The van der Waals surface area contributed by atoms with Crippen LogP contribution < -0.4 is 0 Å². The fraction of sp³-hybridized carbons (Fsp3) is 0.529. The molecule has 0 bridgehead atoms. The summed E-state index contributed by atoms with van der Waals surface area (Å²) in [6.07, 6.45) is 3.48. The molecular formula is C17H23NO4. The largest absolute Gasteiger partial charge is 0.481 e. The lowest BCUT2D eigenvalue weighted by Gasteiger charge is -2.32. The smallest absolute Gasteiger partial charge is 0.410 e. The van der Waals surface area contributed by atoms with Crippen LogP contribution in [-0.2, 0) is 16.1 Å². The van der Waals surface area contributed by atoms with Crippen LogP contribution in [0, 0.1) is 5.92 Å². The molecule has 5 heteroatoms. The minimum absolute atomic E-state index is 0.203. The number of rotatable bonds is 6. The Hall–Kier alpha value is -2.04. The molecule has 0 unspecified atom stereocenters. The number of hydrogen-bond acceptors (Lipinski definition) is 3. The van der Waals surface area contributed by atoms with Crippen LogP contribution in [0.1, 0.15) is 37.7 Å². The third-order valence-corrected chi connectivity index (χ3v) is 3.99. The highest BCUT2D eigenvalue weighted by molar-refractivity contribution is 5.67. The molecule has 22 heavy (non-hydrogen) atoms. The van der Waals surface area contributed by atoms with E-state index in [1.54, 1.807) is 4.90 Å². The molecule has 5 nitrogen and oxygen atoms in total. The molecule has 1 aliphatic heterocycles. The van der Waals surface area contributed by atoms with Crippen LogP contribution in [0.5, 0.6) is 0 Å². The van der Waals surface area contributed by atoms with Crippen LogP contribution in [-0.4, -0.2) is 35.2 Å². The number of carboxylic acid groups (broad SMARTS) is 1. The van der Waals surface area contributed by atoms with Gasteiger partial charge in [0.05, 0.1) is 0 Å². The van der Waals surface area contributed by atoms with Crippen molar-refractivity contribution in [1.82, 2.24) is 4.90 Å². The fourth-order valence-corrected chi connectivity index (χ4v) is 2.82. The summed E-state index contributed by atoms with van der Waals surface area (Å²) in [6, 6.07) is 9.62. The molecule has 1 N–H and O–H groups in total. The van der Waals surface area contributed by atoms with E-state index >= 15 is 0 Å². The monoisotopic (exact) mass is 305 g/mol. The Kier molecular flexibility index (Phi) is 6.25. The Morgan fingerprint density at radius 2 is 2.05 bits per heavy atom. The van der Waals surface area contributed by atoms with Crippen LogP contribution in [0.15, 0.2) is 30.3 Å². The number of aliphatic carboxylic acids is 1. The topological polar surface area (TPSA) is 66.8 Å². The molecule has 1 aromatic rings. The molecular weight excluding hydrogens is 282 g/mol. The van der Waals surface area contributed by atoms with Gasteiger partial charge in [0, 0.05) is 19.5 Å². The fourth-order valence-electron chi connectivity index (χ4n) is 2.82. The molecule has 1 amide bonds. The number of benzene rings is 1. The lowest BCUT2D eigenvalue weighted by atomic mass is 9.93. The van der Waals surface area contributed by atoms with Crippen molar-refractivity contribution in [3.63, 3.8) is 0 Å². The number of nitrogens with zero attached hydrogens (tertiary/aromatic N) is 1. The Bertz CT molecular complexity index is 489. The maximum absolute atomic E-state index is 12.1. The predicted molar refractivity (Wildman–Crippen MR) is 82.4 cm³/mol. The van der Waals surface area contributed by atoms with Crippen molar-refractivity contribution in [3.8, 4) is 0 Å². The molecule has 0 spiro atoms. The molecule has 1 aromatic carbocycles. The van der Waals surface area contributed by atoms with Gasteiger partial charge in [-0.25, -0.2) is 4.79 Å². The van der Waals surface area contributed by atoms with E-state index in [0.29, 0.717) is 25.5 Å². The van der Waals surface area contributed by atoms with Gasteiger partial charge in [-0.15, -0.1) is 0 Å². The summed E-state index contributed by atoms with van der Waals surface area (Å²) in [4.78, 5) is 24.4. The van der Waals surface area contributed by atoms with Gasteiger partial charge in [0.1, 0.15) is 6.61 Å². The van der Waals surface area contributed by atoms with Gasteiger partial charge in [-0.2, -0.15) is 0 Å². The Morgan fingerprint density at radius 1 is 1.27 bits per heavy atom. The third kappa shape index (κ3) is 5.39. The van der Waals surface area contributed by atoms with Crippen molar-refractivity contribution >= 4 is 12.1 Å². The van der Waals surface area contributed by atoms with E-state index in [-0.39, 0.29) is 12.5 Å². The zero-order chi connectivity index (χ0) is 15.8. The molecule has 0 aliphatic carbocycles. The molecule has 0 saturated carbocycles.